The SMILES string of the molecule is C=C.C=C.C=C.C=C.C=CC(=O)OCCO. The maximum atomic E-state index is 10.1. The van der Waals surface area contributed by atoms with Crippen molar-refractivity contribution in [3.05, 3.63) is 65.3 Å². The molecule has 0 aromatic heterocycles. The second-order valence-corrected chi connectivity index (χ2v) is 1.10. The molecule has 0 unspecified atom stereocenters. The number of carbonyl (C=O) groups is 1. The van der Waals surface area contributed by atoms with E-state index in [0.717, 1.165) is 6.08 Å². The predicted molar refractivity (Wildman–Crippen MR) is 73.3 cm³/mol. The second-order valence-electron chi connectivity index (χ2n) is 1.10. The van der Waals surface area contributed by atoms with Crippen molar-refractivity contribution in [2.45, 2.75) is 0 Å². The number of aliphatic hydroxyl groups is 1. The molecule has 0 amide bonds. The van der Waals surface area contributed by atoms with Crippen LogP contribution in [0.4, 0.5) is 0 Å². The Hall–Kier alpha value is -1.87. The van der Waals surface area contributed by atoms with Gasteiger partial charge in [0.1, 0.15) is 6.61 Å². The fourth-order valence-corrected chi connectivity index (χ4v) is 0.205. The standard InChI is InChI=1S/C5H8O3.4C2H4/c1-2-5(7)8-4-3-6;4*1-2/h2,6H,1,3-4H2;4*1-2H2. The Bertz CT molecular complexity index is 125. The molecule has 0 aliphatic carbocycles. The fourth-order valence-electron chi connectivity index (χ4n) is 0.205. The Labute approximate surface area is 99.8 Å². The highest BCUT2D eigenvalue weighted by molar-refractivity contribution is 5.81. The lowest BCUT2D eigenvalue weighted by Crippen LogP contribution is -2.04. The van der Waals surface area contributed by atoms with Crippen molar-refractivity contribution < 1.29 is 14.6 Å². The first-order valence-electron chi connectivity index (χ1n) is 4.21. The molecule has 0 saturated heterocycles. The largest absolute Gasteiger partial charge is 0.460 e. The fraction of sp³-hybridized carbons (Fsp3) is 0.154. The highest BCUT2D eigenvalue weighted by atomic mass is 16.5. The number of carbonyl (C=O) groups excluding carboxylic acids is 1. The summed E-state index contributed by atoms with van der Waals surface area (Å²) in [6, 6.07) is 0. The lowest BCUT2D eigenvalue weighted by Gasteiger charge is -1.94. The molecule has 1 N–H and O–H groups in total. The van der Waals surface area contributed by atoms with Crippen LogP contribution in [-0.4, -0.2) is 24.3 Å². The molecule has 0 aliphatic rings. The molecular weight excluding hydrogens is 204 g/mol. The molecule has 16 heavy (non-hydrogen) atoms. The summed E-state index contributed by atoms with van der Waals surface area (Å²) < 4.78 is 4.33. The highest BCUT2D eigenvalue weighted by Gasteiger charge is 1.90. The molecule has 3 heteroatoms. The van der Waals surface area contributed by atoms with E-state index in [4.69, 9.17) is 5.11 Å². The lowest BCUT2D eigenvalue weighted by atomic mass is 10.6. The van der Waals surface area contributed by atoms with Gasteiger partial charge in [0.25, 0.3) is 0 Å². The number of hydrogen-bond donors (Lipinski definition) is 1. The average Bonchev–Trinajstić information content (AvgIpc) is 2.45. The summed E-state index contributed by atoms with van der Waals surface area (Å²) in [5.74, 6) is -0.501. The first-order valence-corrected chi connectivity index (χ1v) is 4.21. The van der Waals surface area contributed by atoms with Crippen molar-refractivity contribution in [3.8, 4) is 0 Å². The van der Waals surface area contributed by atoms with Crippen LogP contribution in [0, 0.1) is 0 Å². The summed E-state index contributed by atoms with van der Waals surface area (Å²) in [4.78, 5) is 10.1. The monoisotopic (exact) mass is 228 g/mol. The molecule has 0 aromatic carbocycles. The third-order valence-electron chi connectivity index (χ3n) is 0.502. The van der Waals surface area contributed by atoms with E-state index in [9.17, 15) is 4.79 Å². The Morgan fingerprint density at radius 1 is 1.00 bits per heavy atom. The van der Waals surface area contributed by atoms with Crippen molar-refractivity contribution in [1.29, 1.82) is 0 Å². The zero-order chi connectivity index (χ0) is 14.4. The van der Waals surface area contributed by atoms with Gasteiger partial charge in [0, 0.05) is 6.08 Å². The van der Waals surface area contributed by atoms with Gasteiger partial charge in [0.15, 0.2) is 0 Å². The van der Waals surface area contributed by atoms with E-state index in [1.165, 1.54) is 0 Å². The van der Waals surface area contributed by atoms with Gasteiger partial charge in [-0.1, -0.05) is 6.58 Å². The molecule has 0 fully saturated rings. The summed E-state index contributed by atoms with van der Waals surface area (Å²) in [5.41, 5.74) is 0. The molecule has 0 radical (unpaired) electrons. The topological polar surface area (TPSA) is 46.5 Å². The quantitative estimate of drug-likeness (QED) is 0.459. The molecule has 94 valence electrons. The van der Waals surface area contributed by atoms with Gasteiger partial charge in [-0.25, -0.2) is 4.79 Å². The summed E-state index contributed by atoms with van der Waals surface area (Å²) in [6.07, 6.45) is 1.05. The maximum absolute atomic E-state index is 10.1. The molecule has 0 spiro atoms. The van der Waals surface area contributed by atoms with Crippen LogP contribution in [0.3, 0.4) is 0 Å². The Morgan fingerprint density at radius 2 is 1.31 bits per heavy atom. The predicted octanol–water partition coefficient (Wildman–Crippen LogP) is 2.92. The van der Waals surface area contributed by atoms with Gasteiger partial charge in [-0.05, 0) is 0 Å². The Kier molecular flexibility index (Phi) is 134. The zero-order valence-corrected chi connectivity index (χ0v) is 10.1. The van der Waals surface area contributed by atoms with E-state index in [1.54, 1.807) is 0 Å². The van der Waals surface area contributed by atoms with E-state index in [2.05, 4.69) is 63.9 Å². The Balaban J connectivity index is -0.0000000426. The number of hydrogen-bond acceptors (Lipinski definition) is 3. The molecule has 0 rings (SSSR count). The number of esters is 1. The number of aliphatic hydroxyl groups excluding tert-OH is 1. The van der Waals surface area contributed by atoms with E-state index >= 15 is 0 Å². The average molecular weight is 228 g/mol. The molecule has 0 heterocycles. The molecule has 0 saturated carbocycles. The van der Waals surface area contributed by atoms with Gasteiger partial charge in [-0.3, -0.25) is 0 Å². The van der Waals surface area contributed by atoms with Crippen LogP contribution in [0.5, 0.6) is 0 Å². The lowest BCUT2D eigenvalue weighted by molar-refractivity contribution is -0.138. The number of rotatable bonds is 3. The van der Waals surface area contributed by atoms with Crippen LogP contribution in [0.25, 0.3) is 0 Å². The van der Waals surface area contributed by atoms with E-state index < -0.39 is 5.97 Å². The summed E-state index contributed by atoms with van der Waals surface area (Å²) >= 11 is 0. The van der Waals surface area contributed by atoms with Gasteiger partial charge in [-0.2, -0.15) is 0 Å². The molecule has 0 aliphatic heterocycles. The van der Waals surface area contributed by atoms with Crippen LogP contribution in [0.2, 0.25) is 0 Å². The molecule has 0 atom stereocenters. The van der Waals surface area contributed by atoms with Crippen LogP contribution < -0.4 is 0 Å². The van der Waals surface area contributed by atoms with Gasteiger partial charge < -0.3 is 9.84 Å². The van der Waals surface area contributed by atoms with Crippen molar-refractivity contribution in [1.82, 2.24) is 0 Å². The molecule has 3 nitrogen and oxygen atoms in total. The summed E-state index contributed by atoms with van der Waals surface area (Å²) in [7, 11) is 0. The third-order valence-corrected chi connectivity index (χ3v) is 0.502. The van der Waals surface area contributed by atoms with Crippen molar-refractivity contribution in [3.63, 3.8) is 0 Å². The van der Waals surface area contributed by atoms with Crippen LogP contribution in [0.1, 0.15) is 0 Å². The minimum atomic E-state index is -0.501. The summed E-state index contributed by atoms with van der Waals surface area (Å²) in [6.45, 7) is 27.1. The van der Waals surface area contributed by atoms with E-state index in [-0.39, 0.29) is 13.2 Å². The normalized spacial score (nSPS) is 5.06. The van der Waals surface area contributed by atoms with Gasteiger partial charge in [-0.15, -0.1) is 52.6 Å². The van der Waals surface area contributed by atoms with Gasteiger partial charge in [0.05, 0.1) is 6.61 Å². The van der Waals surface area contributed by atoms with Gasteiger partial charge in [0.2, 0.25) is 0 Å². The minimum Gasteiger partial charge on any atom is -0.460 e. The van der Waals surface area contributed by atoms with Crippen molar-refractivity contribution >= 4 is 5.97 Å². The maximum Gasteiger partial charge on any atom is 0.330 e. The first-order chi connectivity index (χ1) is 7.81. The van der Waals surface area contributed by atoms with Crippen LogP contribution in [-0.2, 0) is 9.53 Å². The minimum absolute atomic E-state index is 0.0465. The van der Waals surface area contributed by atoms with E-state index in [0.29, 0.717) is 0 Å². The smallest absolute Gasteiger partial charge is 0.330 e. The molecule has 0 bridgehead atoms. The highest BCUT2D eigenvalue weighted by Crippen LogP contribution is 1.75. The Morgan fingerprint density at radius 3 is 1.50 bits per heavy atom. The van der Waals surface area contributed by atoms with Crippen molar-refractivity contribution in [2.24, 2.45) is 0 Å². The molecular formula is C13H24O3. The number of ether oxygens (including phenoxy) is 1. The second kappa shape index (κ2) is 73.4. The zero-order valence-electron chi connectivity index (χ0n) is 10.1. The first kappa shape index (κ1) is 29.2. The van der Waals surface area contributed by atoms with Crippen molar-refractivity contribution in [2.75, 3.05) is 13.2 Å². The van der Waals surface area contributed by atoms with Crippen LogP contribution in [0.15, 0.2) is 65.3 Å². The summed E-state index contributed by atoms with van der Waals surface area (Å²) in [5, 5.41) is 8.10. The third kappa shape index (κ3) is 88.1. The molecule has 0 aromatic rings. The van der Waals surface area contributed by atoms with Crippen LogP contribution >= 0.6 is 0 Å². The van der Waals surface area contributed by atoms with E-state index in [1.807, 2.05) is 0 Å². The van der Waals surface area contributed by atoms with Gasteiger partial charge >= 0.3 is 5.97 Å².